The van der Waals surface area contributed by atoms with Gasteiger partial charge in [0.25, 0.3) is 0 Å². The second-order valence-electron chi connectivity index (χ2n) is 3.43. The first kappa shape index (κ1) is 15.3. The highest BCUT2D eigenvalue weighted by atomic mass is 79.9. The predicted octanol–water partition coefficient (Wildman–Crippen LogP) is 4.84. The molecule has 8 heteroatoms. The molecule has 1 aliphatic heterocycles. The molecule has 0 aromatic heterocycles. The van der Waals surface area contributed by atoms with Gasteiger partial charge in [-0.05, 0) is 63.7 Å². The van der Waals surface area contributed by atoms with Crippen LogP contribution in [0.1, 0.15) is 0 Å². The smallest absolute Gasteiger partial charge is 0.191 e. The monoisotopic (exact) mass is 568 g/mol. The number of fused-ring (bicyclic) bond motifs is 1. The van der Waals surface area contributed by atoms with E-state index in [1.807, 2.05) is 0 Å². The first-order valence-corrected chi connectivity index (χ1v) is 9.00. The minimum Gasteiger partial charge on any atom is -0.484 e. The van der Waals surface area contributed by atoms with E-state index in [0.29, 0.717) is 16.0 Å². The van der Waals surface area contributed by atoms with Crippen LogP contribution in [0.2, 0.25) is 0 Å². The Morgan fingerprint density at radius 1 is 1.06 bits per heavy atom. The summed E-state index contributed by atoms with van der Waals surface area (Å²) in [6, 6.07) is 0. The Hall–Kier alpha value is 0.890. The lowest BCUT2D eigenvalue weighted by molar-refractivity contribution is -0.125. The zero-order valence-electron chi connectivity index (χ0n) is 8.61. The van der Waals surface area contributed by atoms with Gasteiger partial charge in [-0.15, -0.1) is 0 Å². The van der Waals surface area contributed by atoms with Crippen LogP contribution >= 0.6 is 79.6 Å². The molecule has 1 heterocycles. The molecule has 1 unspecified atom stereocenters. The maximum absolute atomic E-state index is 11.6. The molecular formula is C10H5Br5O3. The normalized spacial score (nSPS) is 17.7. The molecule has 0 fully saturated rings. The topological polar surface area (TPSA) is 35.5 Å². The Morgan fingerprint density at radius 2 is 1.61 bits per heavy atom. The van der Waals surface area contributed by atoms with E-state index in [4.69, 9.17) is 9.47 Å². The zero-order valence-corrected chi connectivity index (χ0v) is 16.5. The summed E-state index contributed by atoms with van der Waals surface area (Å²) in [4.78, 5) is 11.6. The largest absolute Gasteiger partial charge is 0.484 e. The number of ketones is 1. The van der Waals surface area contributed by atoms with Gasteiger partial charge in [-0.3, -0.25) is 4.79 Å². The minimum absolute atomic E-state index is 0.0530. The molecule has 0 aliphatic carbocycles. The molecule has 1 aliphatic rings. The third-order valence-electron chi connectivity index (χ3n) is 2.31. The van der Waals surface area contributed by atoms with Gasteiger partial charge < -0.3 is 9.47 Å². The van der Waals surface area contributed by atoms with Crippen molar-refractivity contribution >= 4 is 85.4 Å². The molecule has 0 spiro atoms. The summed E-state index contributed by atoms with van der Waals surface area (Å²) in [5, 5.41) is 0.243. The van der Waals surface area contributed by atoms with Crippen molar-refractivity contribution in [1.29, 1.82) is 0 Å². The summed E-state index contributed by atoms with van der Waals surface area (Å²) in [5.41, 5.74) is 0. The van der Waals surface area contributed by atoms with E-state index in [1.54, 1.807) is 0 Å². The average molecular weight is 573 g/mol. The van der Waals surface area contributed by atoms with E-state index in [-0.39, 0.29) is 17.7 Å². The van der Waals surface area contributed by atoms with Crippen molar-refractivity contribution in [3.05, 3.63) is 17.9 Å². The number of hydrogen-bond donors (Lipinski definition) is 0. The summed E-state index contributed by atoms with van der Waals surface area (Å²) < 4.78 is 14.4. The quantitative estimate of drug-likeness (QED) is 0.289. The van der Waals surface area contributed by atoms with E-state index in [0.717, 1.165) is 13.4 Å². The Labute approximate surface area is 146 Å². The number of benzene rings is 1. The van der Waals surface area contributed by atoms with Crippen molar-refractivity contribution < 1.29 is 14.3 Å². The highest BCUT2D eigenvalue weighted by Gasteiger charge is 2.32. The number of carbonyl (C=O) groups excluding carboxylic acids is 1. The number of carbonyl (C=O) groups is 1. The maximum atomic E-state index is 11.6. The second kappa shape index (κ2) is 6.11. The van der Waals surface area contributed by atoms with E-state index >= 15 is 0 Å². The van der Waals surface area contributed by atoms with Gasteiger partial charge in [0.15, 0.2) is 23.4 Å². The van der Waals surface area contributed by atoms with E-state index < -0.39 is 6.10 Å². The highest BCUT2D eigenvalue weighted by molar-refractivity contribution is 9.15. The van der Waals surface area contributed by atoms with Gasteiger partial charge in [0.2, 0.25) is 0 Å². The number of Topliss-reactive ketones (excluding diaryl/α,β-unsaturated/α-hetero) is 1. The highest BCUT2D eigenvalue weighted by Crippen LogP contribution is 2.52. The van der Waals surface area contributed by atoms with Crippen LogP contribution in [0, 0.1) is 0 Å². The molecular weight excluding hydrogens is 568 g/mol. The number of rotatable bonds is 2. The van der Waals surface area contributed by atoms with Gasteiger partial charge in [0.05, 0.1) is 23.2 Å². The van der Waals surface area contributed by atoms with Crippen LogP contribution < -0.4 is 9.47 Å². The number of alkyl halides is 1. The van der Waals surface area contributed by atoms with Crippen LogP contribution in [0.4, 0.5) is 0 Å². The third kappa shape index (κ3) is 2.68. The summed E-state index contributed by atoms with van der Waals surface area (Å²) >= 11 is 16.8. The maximum Gasteiger partial charge on any atom is 0.191 e. The lowest BCUT2D eigenvalue weighted by Crippen LogP contribution is -2.37. The van der Waals surface area contributed by atoms with Crippen LogP contribution in [0.25, 0.3) is 0 Å². The summed E-state index contributed by atoms with van der Waals surface area (Å²) in [7, 11) is 0. The van der Waals surface area contributed by atoms with Crippen LogP contribution in [-0.2, 0) is 4.79 Å². The van der Waals surface area contributed by atoms with E-state index in [2.05, 4.69) is 79.6 Å². The zero-order chi connectivity index (χ0) is 13.4. The standard InChI is InChI=1S/C10H5Br5O3/c11-1-3(16)4-2-17-9-7(14)5(12)6(13)8(15)10(9)18-4/h4H,1-2H2. The summed E-state index contributed by atoms with van der Waals surface area (Å²) in [6.45, 7) is 0.205. The SMILES string of the molecule is O=C(CBr)C1COc2c(Br)c(Br)c(Br)c(Br)c2O1. The molecule has 18 heavy (non-hydrogen) atoms. The Balaban J connectivity index is 2.47. The molecule has 0 radical (unpaired) electrons. The predicted molar refractivity (Wildman–Crippen MR) is 86.0 cm³/mol. The van der Waals surface area contributed by atoms with Crippen molar-refractivity contribution in [3.8, 4) is 11.5 Å². The molecule has 0 saturated heterocycles. The van der Waals surface area contributed by atoms with Crippen molar-refractivity contribution in [2.75, 3.05) is 11.9 Å². The van der Waals surface area contributed by atoms with Gasteiger partial charge in [0, 0.05) is 0 Å². The molecule has 0 bridgehead atoms. The van der Waals surface area contributed by atoms with E-state index in [9.17, 15) is 4.79 Å². The van der Waals surface area contributed by atoms with Crippen molar-refractivity contribution in [3.63, 3.8) is 0 Å². The van der Waals surface area contributed by atoms with Gasteiger partial charge in [-0.25, -0.2) is 0 Å². The fourth-order valence-electron chi connectivity index (χ4n) is 1.41. The van der Waals surface area contributed by atoms with E-state index in [1.165, 1.54) is 0 Å². The number of hydrogen-bond acceptors (Lipinski definition) is 3. The summed E-state index contributed by atoms with van der Waals surface area (Å²) in [6.07, 6.45) is -0.590. The van der Waals surface area contributed by atoms with Gasteiger partial charge in [-0.1, -0.05) is 15.9 Å². The van der Waals surface area contributed by atoms with Crippen molar-refractivity contribution in [2.24, 2.45) is 0 Å². The fourth-order valence-corrected chi connectivity index (χ4v) is 4.02. The molecule has 1 atom stereocenters. The Morgan fingerprint density at radius 3 is 2.17 bits per heavy atom. The van der Waals surface area contributed by atoms with Gasteiger partial charge in [0.1, 0.15) is 6.61 Å². The van der Waals surface area contributed by atoms with Crippen LogP contribution in [0.3, 0.4) is 0 Å². The third-order valence-corrected chi connectivity index (χ3v) is 7.56. The van der Waals surface area contributed by atoms with Gasteiger partial charge in [-0.2, -0.15) is 0 Å². The molecule has 3 nitrogen and oxygen atoms in total. The Bertz CT molecular complexity index is 517. The second-order valence-corrected chi connectivity index (χ2v) is 7.16. The van der Waals surface area contributed by atoms with Crippen LogP contribution in [0.5, 0.6) is 11.5 Å². The fraction of sp³-hybridized carbons (Fsp3) is 0.300. The summed E-state index contributed by atoms with van der Waals surface area (Å²) in [5.74, 6) is 1.04. The number of halogens is 5. The average Bonchev–Trinajstić information content (AvgIpc) is 2.41. The lowest BCUT2D eigenvalue weighted by atomic mass is 10.2. The molecule has 0 amide bonds. The van der Waals surface area contributed by atoms with Crippen LogP contribution in [0.15, 0.2) is 17.9 Å². The minimum atomic E-state index is -0.590. The molecule has 0 N–H and O–H groups in total. The van der Waals surface area contributed by atoms with Crippen molar-refractivity contribution in [1.82, 2.24) is 0 Å². The van der Waals surface area contributed by atoms with Crippen molar-refractivity contribution in [2.45, 2.75) is 6.10 Å². The molecule has 98 valence electrons. The van der Waals surface area contributed by atoms with Crippen LogP contribution in [-0.4, -0.2) is 23.8 Å². The number of ether oxygens (including phenoxy) is 2. The molecule has 2 rings (SSSR count). The molecule has 1 aromatic carbocycles. The van der Waals surface area contributed by atoms with Gasteiger partial charge >= 0.3 is 0 Å². The first-order valence-electron chi connectivity index (χ1n) is 4.71. The molecule has 0 saturated carbocycles. The lowest BCUT2D eigenvalue weighted by Gasteiger charge is -2.27. The molecule has 1 aromatic rings. The Kier molecular flexibility index (Phi) is 5.19. The first-order chi connectivity index (χ1) is 8.47.